The lowest BCUT2D eigenvalue weighted by Crippen LogP contribution is -2.37. The van der Waals surface area contributed by atoms with Gasteiger partial charge in [-0.1, -0.05) is 142 Å². The van der Waals surface area contributed by atoms with Crippen molar-refractivity contribution in [3.05, 3.63) is 0 Å². The highest BCUT2D eigenvalue weighted by Gasteiger charge is 2.52. The average Bonchev–Trinajstić information content (AvgIpc) is 3.13. The smallest absolute Gasteiger partial charge is 0.306 e. The second-order valence-corrected chi connectivity index (χ2v) is 11.4. The van der Waals surface area contributed by atoms with Crippen LogP contribution in [0.3, 0.4) is 0 Å². The summed E-state index contributed by atoms with van der Waals surface area (Å²) in [4.78, 5) is 49.1. The van der Waals surface area contributed by atoms with Crippen molar-refractivity contribution in [3.8, 4) is 0 Å². The van der Waals surface area contributed by atoms with Gasteiger partial charge < -0.3 is 9.47 Å². The van der Waals surface area contributed by atoms with Crippen molar-refractivity contribution in [3.63, 3.8) is 0 Å². The molecular weight excluding hydrogens is 510 g/mol. The van der Waals surface area contributed by atoms with Gasteiger partial charge in [-0.15, -0.1) is 5.06 Å². The Kier molecular flexibility index (Phi) is 21.4. The van der Waals surface area contributed by atoms with Crippen LogP contribution in [0.5, 0.6) is 0 Å². The Bertz CT molecular complexity index is 653. The first-order chi connectivity index (χ1) is 19.4. The van der Waals surface area contributed by atoms with Crippen molar-refractivity contribution < 1.29 is 33.9 Å². The van der Waals surface area contributed by atoms with Crippen molar-refractivity contribution in [2.75, 3.05) is 0 Å². The third-order valence-corrected chi connectivity index (χ3v) is 7.67. The van der Waals surface area contributed by atoms with Crippen molar-refractivity contribution in [2.24, 2.45) is 0 Å². The molecule has 0 aliphatic carbocycles. The Morgan fingerprint density at radius 2 is 0.775 bits per heavy atom. The minimum Gasteiger partial charge on any atom is -0.447 e. The summed E-state index contributed by atoms with van der Waals surface area (Å²) in [5.41, 5.74) is 0. The summed E-state index contributed by atoms with van der Waals surface area (Å²) in [5.74, 6) is -3.43. The van der Waals surface area contributed by atoms with E-state index < -0.39 is 36.0 Å². The molecule has 1 rings (SSSR count). The van der Waals surface area contributed by atoms with Crippen molar-refractivity contribution in [2.45, 2.75) is 180 Å². The van der Waals surface area contributed by atoms with Crippen LogP contribution in [0.25, 0.3) is 0 Å². The molecule has 40 heavy (non-hydrogen) atoms. The Balaban J connectivity index is 2.21. The number of carbonyl (C=O) groups is 4. The molecule has 1 N–H and O–H groups in total. The lowest BCUT2D eigenvalue weighted by atomic mass is 10.1. The number of imide groups is 1. The van der Waals surface area contributed by atoms with Crippen LogP contribution in [0.1, 0.15) is 168 Å². The number of carbonyl (C=O) groups excluding carboxylic acids is 4. The fourth-order valence-electron chi connectivity index (χ4n) is 5.10. The number of esters is 2. The molecule has 232 valence electrons. The molecule has 0 bridgehead atoms. The molecule has 2 amide bonds. The van der Waals surface area contributed by atoms with E-state index in [9.17, 15) is 24.4 Å². The van der Waals surface area contributed by atoms with Gasteiger partial charge >= 0.3 is 11.9 Å². The minimum atomic E-state index is -1.63. The highest BCUT2D eigenvalue weighted by atomic mass is 16.6. The molecule has 8 nitrogen and oxygen atoms in total. The van der Waals surface area contributed by atoms with Gasteiger partial charge in [-0.05, 0) is 12.8 Å². The highest BCUT2D eigenvalue weighted by molar-refractivity contribution is 6.08. The topological polar surface area (TPSA) is 110 Å². The SMILES string of the molecule is CCCCCCCCCCCCCC(=O)OC1C(=O)N(O)C(=O)C1OC(=O)CCCCCCCCCCCCC. The van der Waals surface area contributed by atoms with E-state index in [1.54, 1.807) is 0 Å². The van der Waals surface area contributed by atoms with Crippen LogP contribution < -0.4 is 0 Å². The second-order valence-electron chi connectivity index (χ2n) is 11.4. The molecular formula is C32H57NO7. The zero-order valence-corrected chi connectivity index (χ0v) is 25.5. The summed E-state index contributed by atoms with van der Waals surface area (Å²) in [6, 6.07) is 0. The van der Waals surface area contributed by atoms with E-state index >= 15 is 0 Å². The average molecular weight is 568 g/mol. The molecule has 0 spiro atoms. The fourth-order valence-corrected chi connectivity index (χ4v) is 5.10. The van der Waals surface area contributed by atoms with Crippen LogP contribution in [-0.4, -0.2) is 46.2 Å². The summed E-state index contributed by atoms with van der Waals surface area (Å²) >= 11 is 0. The molecule has 1 aliphatic heterocycles. The van der Waals surface area contributed by atoms with Gasteiger partial charge in [-0.25, -0.2) is 0 Å². The highest BCUT2D eigenvalue weighted by Crippen LogP contribution is 2.21. The van der Waals surface area contributed by atoms with Gasteiger partial charge in [0.05, 0.1) is 0 Å². The van der Waals surface area contributed by atoms with Gasteiger partial charge in [0.2, 0.25) is 12.2 Å². The molecule has 0 aromatic rings. The third-order valence-electron chi connectivity index (χ3n) is 7.67. The standard InChI is InChI=1S/C32H57NO7/c1-3-5-7-9-11-13-15-17-19-21-23-25-27(34)39-29-30(32(37)33(38)31(29)36)40-28(35)26-24-22-20-18-16-14-12-10-8-6-4-2/h29-30,38H,3-26H2,1-2H3. The largest absolute Gasteiger partial charge is 0.447 e. The van der Waals surface area contributed by atoms with E-state index in [2.05, 4.69) is 13.8 Å². The number of hydroxylamine groups is 2. The Labute approximate surface area is 242 Å². The zero-order chi connectivity index (χ0) is 29.4. The minimum absolute atomic E-state index is 0.111. The number of ether oxygens (including phenoxy) is 2. The quantitative estimate of drug-likeness (QED) is 0.0488. The van der Waals surface area contributed by atoms with E-state index in [-0.39, 0.29) is 17.9 Å². The molecule has 1 heterocycles. The molecule has 0 aromatic carbocycles. The van der Waals surface area contributed by atoms with Crippen LogP contribution in [0.2, 0.25) is 0 Å². The first-order valence-electron chi connectivity index (χ1n) is 16.4. The van der Waals surface area contributed by atoms with Crippen LogP contribution in [0.4, 0.5) is 0 Å². The maximum Gasteiger partial charge on any atom is 0.306 e. The Morgan fingerprint density at radius 3 is 1.05 bits per heavy atom. The molecule has 1 saturated heterocycles. The number of amides is 2. The lowest BCUT2D eigenvalue weighted by molar-refractivity contribution is -0.177. The summed E-state index contributed by atoms with van der Waals surface area (Å²) in [7, 11) is 0. The maximum atomic E-state index is 12.3. The Morgan fingerprint density at radius 1 is 0.525 bits per heavy atom. The van der Waals surface area contributed by atoms with Gasteiger partial charge in [0, 0.05) is 12.8 Å². The molecule has 1 fully saturated rings. The van der Waals surface area contributed by atoms with Crippen molar-refractivity contribution >= 4 is 23.8 Å². The summed E-state index contributed by atoms with van der Waals surface area (Å²) in [6.07, 6.45) is 22.2. The lowest BCUT2D eigenvalue weighted by Gasteiger charge is -2.16. The summed E-state index contributed by atoms with van der Waals surface area (Å²) < 4.78 is 10.4. The first kappa shape index (κ1) is 36.1. The monoisotopic (exact) mass is 567 g/mol. The zero-order valence-electron chi connectivity index (χ0n) is 25.5. The molecule has 0 aromatic heterocycles. The van der Waals surface area contributed by atoms with Gasteiger partial charge in [0.1, 0.15) is 0 Å². The first-order valence-corrected chi connectivity index (χ1v) is 16.4. The number of hydrogen-bond donors (Lipinski definition) is 1. The van der Waals surface area contributed by atoms with E-state index in [0.717, 1.165) is 38.5 Å². The second kappa shape index (κ2) is 23.7. The number of rotatable bonds is 26. The molecule has 8 heteroatoms. The Hall–Kier alpha value is -1.96. The molecule has 0 saturated carbocycles. The van der Waals surface area contributed by atoms with Gasteiger partial charge in [-0.2, -0.15) is 0 Å². The third kappa shape index (κ3) is 16.3. The molecule has 1 aliphatic rings. The van der Waals surface area contributed by atoms with Crippen molar-refractivity contribution in [1.29, 1.82) is 0 Å². The molecule has 2 unspecified atom stereocenters. The van der Waals surface area contributed by atoms with E-state index in [0.29, 0.717) is 12.8 Å². The van der Waals surface area contributed by atoms with Crippen LogP contribution >= 0.6 is 0 Å². The van der Waals surface area contributed by atoms with Gasteiger partial charge in [-0.3, -0.25) is 24.4 Å². The normalized spacial score (nSPS) is 17.0. The fraction of sp³-hybridized carbons (Fsp3) is 0.875. The van der Waals surface area contributed by atoms with Gasteiger partial charge in [0.15, 0.2) is 0 Å². The van der Waals surface area contributed by atoms with Crippen molar-refractivity contribution in [1.82, 2.24) is 5.06 Å². The van der Waals surface area contributed by atoms with E-state index in [1.165, 1.54) is 89.9 Å². The van der Waals surface area contributed by atoms with E-state index in [1.807, 2.05) is 0 Å². The molecule has 0 radical (unpaired) electrons. The predicted molar refractivity (Wildman–Crippen MR) is 156 cm³/mol. The van der Waals surface area contributed by atoms with Crippen LogP contribution in [-0.2, 0) is 28.7 Å². The number of unbranched alkanes of at least 4 members (excludes halogenated alkanes) is 20. The summed E-state index contributed by atoms with van der Waals surface area (Å²) in [6.45, 7) is 4.44. The van der Waals surface area contributed by atoms with Crippen LogP contribution in [0, 0.1) is 0 Å². The number of hydrogen-bond acceptors (Lipinski definition) is 7. The summed E-state index contributed by atoms with van der Waals surface area (Å²) in [5, 5.41) is 9.63. The van der Waals surface area contributed by atoms with Crippen LogP contribution in [0.15, 0.2) is 0 Å². The number of nitrogens with zero attached hydrogens (tertiary/aromatic N) is 1. The maximum absolute atomic E-state index is 12.3. The molecule has 2 atom stereocenters. The van der Waals surface area contributed by atoms with Gasteiger partial charge in [0.25, 0.3) is 11.8 Å². The van der Waals surface area contributed by atoms with E-state index in [4.69, 9.17) is 9.47 Å². The predicted octanol–water partition coefficient (Wildman–Crippen LogP) is 7.97.